The normalized spacial score (nSPS) is 23.6. The molecule has 1 N–H and O–H groups in total. The zero-order chi connectivity index (χ0) is 12.8. The van der Waals surface area contributed by atoms with Gasteiger partial charge in [-0.3, -0.25) is 4.79 Å². The highest BCUT2D eigenvalue weighted by atomic mass is 16.5. The zero-order valence-corrected chi connectivity index (χ0v) is 10.5. The van der Waals surface area contributed by atoms with Crippen molar-refractivity contribution in [3.63, 3.8) is 0 Å². The summed E-state index contributed by atoms with van der Waals surface area (Å²) in [6.07, 6.45) is 3.70. The van der Waals surface area contributed by atoms with Crippen molar-refractivity contribution in [3.8, 4) is 0 Å². The summed E-state index contributed by atoms with van der Waals surface area (Å²) in [6.45, 7) is 0.530. The summed E-state index contributed by atoms with van der Waals surface area (Å²) in [7, 11) is 0. The van der Waals surface area contributed by atoms with Crippen LogP contribution in [0.15, 0.2) is 30.3 Å². The van der Waals surface area contributed by atoms with E-state index in [2.05, 4.69) is 0 Å². The van der Waals surface area contributed by atoms with Crippen molar-refractivity contribution in [1.29, 1.82) is 0 Å². The molecule has 0 bridgehead atoms. The lowest BCUT2D eigenvalue weighted by atomic mass is 9.82. The molecule has 1 aromatic rings. The van der Waals surface area contributed by atoms with Crippen molar-refractivity contribution in [3.05, 3.63) is 35.9 Å². The van der Waals surface area contributed by atoms with Gasteiger partial charge in [0.1, 0.15) is 6.61 Å². The first-order valence-electron chi connectivity index (χ1n) is 6.61. The molecular weight excluding hydrogens is 228 g/mol. The largest absolute Gasteiger partial charge is 0.461 e. The number of carbonyl (C=O) groups excluding carboxylic acids is 1. The highest BCUT2D eigenvalue weighted by molar-refractivity contribution is 5.72. The van der Waals surface area contributed by atoms with Gasteiger partial charge in [-0.25, -0.2) is 0 Å². The van der Waals surface area contributed by atoms with Crippen molar-refractivity contribution >= 4 is 5.97 Å². The van der Waals surface area contributed by atoms with E-state index in [4.69, 9.17) is 9.84 Å². The number of hydrogen-bond acceptors (Lipinski definition) is 3. The number of rotatable bonds is 4. The minimum absolute atomic E-state index is 0.0281. The second-order valence-corrected chi connectivity index (χ2v) is 5.01. The first kappa shape index (κ1) is 13.1. The van der Waals surface area contributed by atoms with Crippen LogP contribution in [0.1, 0.15) is 31.2 Å². The average molecular weight is 248 g/mol. The van der Waals surface area contributed by atoms with Gasteiger partial charge in [0.25, 0.3) is 0 Å². The SMILES string of the molecule is O=C(OCc1ccccc1)C1CCCC(CO)C1. The van der Waals surface area contributed by atoms with Crippen molar-refractivity contribution in [2.24, 2.45) is 11.8 Å². The van der Waals surface area contributed by atoms with Gasteiger partial charge in [-0.05, 0) is 30.7 Å². The third-order valence-electron chi connectivity index (χ3n) is 3.60. The summed E-state index contributed by atoms with van der Waals surface area (Å²) >= 11 is 0. The molecule has 0 spiro atoms. The number of esters is 1. The summed E-state index contributed by atoms with van der Waals surface area (Å²) in [4.78, 5) is 11.9. The molecule has 0 saturated heterocycles. The zero-order valence-electron chi connectivity index (χ0n) is 10.5. The van der Waals surface area contributed by atoms with E-state index in [1.54, 1.807) is 0 Å². The second kappa shape index (κ2) is 6.55. The van der Waals surface area contributed by atoms with Crippen LogP contribution in [0.3, 0.4) is 0 Å². The Morgan fingerprint density at radius 1 is 1.28 bits per heavy atom. The number of carbonyl (C=O) groups is 1. The van der Waals surface area contributed by atoms with Gasteiger partial charge >= 0.3 is 5.97 Å². The van der Waals surface area contributed by atoms with E-state index in [1.165, 1.54) is 0 Å². The fourth-order valence-electron chi connectivity index (χ4n) is 2.52. The molecule has 1 aliphatic carbocycles. The van der Waals surface area contributed by atoms with Crippen LogP contribution in [0.5, 0.6) is 0 Å². The molecule has 3 heteroatoms. The highest BCUT2D eigenvalue weighted by Gasteiger charge is 2.27. The van der Waals surface area contributed by atoms with Crippen molar-refractivity contribution in [2.45, 2.75) is 32.3 Å². The molecule has 18 heavy (non-hydrogen) atoms. The summed E-state index contributed by atoms with van der Waals surface area (Å²) in [5.41, 5.74) is 1.01. The smallest absolute Gasteiger partial charge is 0.309 e. The highest BCUT2D eigenvalue weighted by Crippen LogP contribution is 2.29. The molecular formula is C15H20O3. The molecule has 1 aliphatic rings. The summed E-state index contributed by atoms with van der Waals surface area (Å²) in [5, 5.41) is 9.15. The monoisotopic (exact) mass is 248 g/mol. The first-order chi connectivity index (χ1) is 8.79. The van der Waals surface area contributed by atoms with Crippen LogP contribution in [0, 0.1) is 11.8 Å². The van der Waals surface area contributed by atoms with E-state index in [0.717, 1.165) is 31.2 Å². The fraction of sp³-hybridized carbons (Fsp3) is 0.533. The van der Waals surface area contributed by atoms with E-state index in [9.17, 15) is 4.79 Å². The fourth-order valence-corrected chi connectivity index (χ4v) is 2.52. The maximum absolute atomic E-state index is 11.9. The van der Waals surface area contributed by atoms with Gasteiger partial charge in [-0.1, -0.05) is 36.8 Å². The van der Waals surface area contributed by atoms with Crippen LogP contribution in [0.4, 0.5) is 0 Å². The van der Waals surface area contributed by atoms with Gasteiger partial charge in [0.2, 0.25) is 0 Å². The molecule has 1 saturated carbocycles. The van der Waals surface area contributed by atoms with Gasteiger partial charge in [-0.15, -0.1) is 0 Å². The Labute approximate surface area is 108 Å². The molecule has 2 rings (SSSR count). The Bertz CT molecular complexity index is 375. The predicted octanol–water partition coefficient (Wildman–Crippen LogP) is 2.53. The van der Waals surface area contributed by atoms with Gasteiger partial charge in [0.15, 0.2) is 0 Å². The van der Waals surface area contributed by atoms with Crippen LogP contribution in [0.2, 0.25) is 0 Å². The lowest BCUT2D eigenvalue weighted by Gasteiger charge is -2.26. The minimum atomic E-state index is -0.114. The van der Waals surface area contributed by atoms with Crippen LogP contribution in [0.25, 0.3) is 0 Å². The summed E-state index contributed by atoms with van der Waals surface area (Å²) in [5.74, 6) is 0.129. The van der Waals surface area contributed by atoms with Crippen LogP contribution in [-0.4, -0.2) is 17.7 Å². The summed E-state index contributed by atoms with van der Waals surface area (Å²) in [6, 6.07) is 9.71. The summed E-state index contributed by atoms with van der Waals surface area (Å²) < 4.78 is 5.34. The standard InChI is InChI=1S/C15H20O3/c16-10-13-7-4-8-14(9-13)15(17)18-11-12-5-2-1-3-6-12/h1-3,5-6,13-14,16H,4,7-11H2. The number of benzene rings is 1. The van der Waals surface area contributed by atoms with Crippen LogP contribution < -0.4 is 0 Å². The lowest BCUT2D eigenvalue weighted by Crippen LogP contribution is -2.26. The third kappa shape index (κ3) is 3.57. The molecule has 2 unspecified atom stereocenters. The van der Waals surface area contributed by atoms with E-state index in [0.29, 0.717) is 6.61 Å². The molecule has 0 heterocycles. The quantitative estimate of drug-likeness (QED) is 0.833. The molecule has 3 nitrogen and oxygen atoms in total. The Kier molecular flexibility index (Phi) is 4.76. The maximum Gasteiger partial charge on any atom is 0.309 e. The van der Waals surface area contributed by atoms with E-state index >= 15 is 0 Å². The van der Waals surface area contributed by atoms with Gasteiger partial charge < -0.3 is 9.84 Å². The Morgan fingerprint density at radius 2 is 2.06 bits per heavy atom. The molecule has 2 atom stereocenters. The van der Waals surface area contributed by atoms with E-state index in [-0.39, 0.29) is 24.4 Å². The van der Waals surface area contributed by atoms with Crippen molar-refractivity contribution in [1.82, 2.24) is 0 Å². The third-order valence-corrected chi connectivity index (χ3v) is 3.60. The van der Waals surface area contributed by atoms with E-state index in [1.807, 2.05) is 30.3 Å². The molecule has 98 valence electrons. The Hall–Kier alpha value is -1.35. The molecule has 1 fully saturated rings. The van der Waals surface area contributed by atoms with Crippen molar-refractivity contribution in [2.75, 3.05) is 6.61 Å². The van der Waals surface area contributed by atoms with Crippen LogP contribution in [-0.2, 0) is 16.1 Å². The lowest BCUT2D eigenvalue weighted by molar-refractivity contribution is -0.151. The molecule has 0 aromatic heterocycles. The van der Waals surface area contributed by atoms with Gasteiger partial charge in [0, 0.05) is 6.61 Å². The Balaban J connectivity index is 1.81. The minimum Gasteiger partial charge on any atom is -0.461 e. The van der Waals surface area contributed by atoms with Crippen LogP contribution >= 0.6 is 0 Å². The topological polar surface area (TPSA) is 46.5 Å². The first-order valence-corrected chi connectivity index (χ1v) is 6.61. The molecule has 1 aromatic carbocycles. The average Bonchev–Trinajstić information content (AvgIpc) is 2.46. The van der Waals surface area contributed by atoms with Gasteiger partial charge in [0.05, 0.1) is 5.92 Å². The number of aliphatic hydroxyl groups is 1. The molecule has 0 amide bonds. The second-order valence-electron chi connectivity index (χ2n) is 5.01. The Morgan fingerprint density at radius 3 is 2.78 bits per heavy atom. The number of ether oxygens (including phenoxy) is 1. The van der Waals surface area contributed by atoms with Crippen molar-refractivity contribution < 1.29 is 14.6 Å². The predicted molar refractivity (Wildman–Crippen MR) is 68.8 cm³/mol. The number of aliphatic hydroxyl groups excluding tert-OH is 1. The molecule has 0 aliphatic heterocycles. The van der Waals surface area contributed by atoms with Gasteiger partial charge in [-0.2, -0.15) is 0 Å². The number of hydrogen-bond donors (Lipinski definition) is 1. The maximum atomic E-state index is 11.9. The molecule has 0 radical (unpaired) electrons. The van der Waals surface area contributed by atoms with E-state index < -0.39 is 0 Å².